The monoisotopic (exact) mass is 308 g/mol. The highest BCUT2D eigenvalue weighted by molar-refractivity contribution is 5.88. The Kier molecular flexibility index (Phi) is 5.83. The number of aromatic nitrogens is 2. The van der Waals surface area contributed by atoms with Crippen LogP contribution in [0.2, 0.25) is 0 Å². The molecule has 1 saturated carbocycles. The molecule has 6 nitrogen and oxygen atoms in total. The van der Waals surface area contributed by atoms with Gasteiger partial charge in [0.15, 0.2) is 0 Å². The van der Waals surface area contributed by atoms with Gasteiger partial charge >= 0.3 is 6.03 Å². The maximum absolute atomic E-state index is 12.1. The Balaban J connectivity index is 1.88. The van der Waals surface area contributed by atoms with Crippen LogP contribution in [0, 0.1) is 5.41 Å². The van der Waals surface area contributed by atoms with Crippen LogP contribution in [0.25, 0.3) is 0 Å². The number of carbonyl (C=O) groups excluding carboxylic acids is 1. The van der Waals surface area contributed by atoms with Gasteiger partial charge in [0.25, 0.3) is 0 Å². The number of hydrogen-bond donors (Lipinski definition) is 3. The molecule has 0 radical (unpaired) electrons. The Morgan fingerprint density at radius 1 is 1.41 bits per heavy atom. The Labute approximate surface area is 132 Å². The molecule has 1 aromatic rings. The molecule has 0 unspecified atom stereocenters. The van der Waals surface area contributed by atoms with Crippen LogP contribution in [0.3, 0.4) is 0 Å². The van der Waals surface area contributed by atoms with Crippen LogP contribution < -0.4 is 10.6 Å². The van der Waals surface area contributed by atoms with E-state index in [1.807, 2.05) is 24.6 Å². The standard InChI is InChI=1S/C16H28N4O2/c1-16(2,9-11-21)12-17-15(22)19-14-8-10-18-20(14)13-6-4-3-5-7-13/h8,10,13,21H,3-7,9,11-12H2,1-2H3,(H2,17,19,22). The first-order chi connectivity index (χ1) is 10.5. The fourth-order valence-electron chi connectivity index (χ4n) is 2.90. The van der Waals surface area contributed by atoms with Crippen molar-refractivity contribution in [2.45, 2.75) is 58.4 Å². The summed E-state index contributed by atoms with van der Waals surface area (Å²) < 4.78 is 1.94. The van der Waals surface area contributed by atoms with Crippen LogP contribution >= 0.6 is 0 Å². The third kappa shape index (κ3) is 4.73. The molecule has 1 fully saturated rings. The van der Waals surface area contributed by atoms with Gasteiger partial charge in [0.05, 0.1) is 12.2 Å². The SMILES string of the molecule is CC(C)(CCO)CNC(=O)Nc1ccnn1C1CCCCC1. The fraction of sp³-hybridized carbons (Fsp3) is 0.750. The van der Waals surface area contributed by atoms with E-state index in [0.29, 0.717) is 19.0 Å². The Bertz CT molecular complexity index is 478. The third-order valence-corrected chi connectivity index (χ3v) is 4.35. The summed E-state index contributed by atoms with van der Waals surface area (Å²) in [4.78, 5) is 12.1. The molecule has 0 bridgehead atoms. The van der Waals surface area contributed by atoms with Gasteiger partial charge in [-0.15, -0.1) is 0 Å². The molecule has 1 aromatic heterocycles. The largest absolute Gasteiger partial charge is 0.396 e. The molecule has 6 heteroatoms. The molecule has 0 spiro atoms. The first-order valence-corrected chi connectivity index (χ1v) is 8.21. The van der Waals surface area contributed by atoms with Gasteiger partial charge < -0.3 is 10.4 Å². The van der Waals surface area contributed by atoms with Crippen molar-refractivity contribution < 1.29 is 9.90 Å². The number of nitrogens with one attached hydrogen (secondary N) is 2. The molecule has 0 saturated heterocycles. The van der Waals surface area contributed by atoms with Crippen molar-refractivity contribution in [1.29, 1.82) is 0 Å². The number of anilines is 1. The van der Waals surface area contributed by atoms with Gasteiger partial charge in [-0.3, -0.25) is 5.32 Å². The van der Waals surface area contributed by atoms with Crippen LogP contribution in [0.15, 0.2) is 12.3 Å². The zero-order valence-corrected chi connectivity index (χ0v) is 13.6. The highest BCUT2D eigenvalue weighted by Crippen LogP contribution is 2.29. The topological polar surface area (TPSA) is 79.2 Å². The van der Waals surface area contributed by atoms with Gasteiger partial charge in [-0.1, -0.05) is 33.1 Å². The summed E-state index contributed by atoms with van der Waals surface area (Å²) in [5.41, 5.74) is -0.115. The smallest absolute Gasteiger partial charge is 0.320 e. The van der Waals surface area contributed by atoms with E-state index in [0.717, 1.165) is 18.7 Å². The Morgan fingerprint density at radius 3 is 2.82 bits per heavy atom. The molecule has 2 amide bonds. The van der Waals surface area contributed by atoms with E-state index >= 15 is 0 Å². The van der Waals surface area contributed by atoms with E-state index in [2.05, 4.69) is 15.7 Å². The molecule has 124 valence electrons. The average molecular weight is 308 g/mol. The summed E-state index contributed by atoms with van der Waals surface area (Å²) in [7, 11) is 0. The van der Waals surface area contributed by atoms with Gasteiger partial charge in [-0.25, -0.2) is 9.48 Å². The van der Waals surface area contributed by atoms with Gasteiger partial charge in [0.1, 0.15) is 5.82 Å². The Hall–Kier alpha value is -1.56. The average Bonchev–Trinajstić information content (AvgIpc) is 2.94. The number of urea groups is 1. The molecular formula is C16H28N4O2. The number of amides is 2. The van der Waals surface area contributed by atoms with Crippen molar-refractivity contribution in [3.05, 3.63) is 12.3 Å². The van der Waals surface area contributed by atoms with Crippen molar-refractivity contribution in [2.75, 3.05) is 18.5 Å². The summed E-state index contributed by atoms with van der Waals surface area (Å²) in [6.07, 6.45) is 8.40. The first-order valence-electron chi connectivity index (χ1n) is 8.21. The second-order valence-corrected chi connectivity index (χ2v) is 6.90. The molecule has 0 atom stereocenters. The second kappa shape index (κ2) is 7.63. The van der Waals surface area contributed by atoms with E-state index in [-0.39, 0.29) is 18.1 Å². The van der Waals surface area contributed by atoms with Crippen LogP contribution in [-0.2, 0) is 0 Å². The lowest BCUT2D eigenvalue weighted by molar-refractivity contribution is 0.204. The van der Waals surface area contributed by atoms with Crippen molar-refractivity contribution in [2.24, 2.45) is 5.41 Å². The maximum atomic E-state index is 12.1. The minimum atomic E-state index is -0.219. The predicted octanol–water partition coefficient (Wildman–Crippen LogP) is 2.92. The van der Waals surface area contributed by atoms with Crippen molar-refractivity contribution in [1.82, 2.24) is 15.1 Å². The molecule has 1 heterocycles. The first kappa shape index (κ1) is 16.8. The van der Waals surface area contributed by atoms with E-state index in [1.165, 1.54) is 19.3 Å². The normalized spacial score (nSPS) is 16.5. The predicted molar refractivity (Wildman–Crippen MR) is 86.9 cm³/mol. The molecule has 22 heavy (non-hydrogen) atoms. The highest BCUT2D eigenvalue weighted by atomic mass is 16.3. The van der Waals surface area contributed by atoms with Crippen LogP contribution in [0.4, 0.5) is 10.6 Å². The minimum absolute atomic E-state index is 0.115. The quantitative estimate of drug-likeness (QED) is 0.756. The number of rotatable bonds is 6. The van der Waals surface area contributed by atoms with E-state index in [4.69, 9.17) is 5.11 Å². The molecular weight excluding hydrogens is 280 g/mol. The van der Waals surface area contributed by atoms with Gasteiger partial charge in [-0.05, 0) is 24.7 Å². The zero-order chi connectivity index (χ0) is 16.0. The van der Waals surface area contributed by atoms with Crippen molar-refractivity contribution in [3.63, 3.8) is 0 Å². The van der Waals surface area contributed by atoms with Crippen LogP contribution in [0.5, 0.6) is 0 Å². The second-order valence-electron chi connectivity index (χ2n) is 6.90. The summed E-state index contributed by atoms with van der Waals surface area (Å²) in [5.74, 6) is 0.754. The van der Waals surface area contributed by atoms with Crippen LogP contribution in [-0.4, -0.2) is 34.1 Å². The van der Waals surface area contributed by atoms with Crippen molar-refractivity contribution >= 4 is 11.8 Å². The lowest BCUT2D eigenvalue weighted by Gasteiger charge is -2.25. The number of hydrogen-bond acceptors (Lipinski definition) is 3. The zero-order valence-electron chi connectivity index (χ0n) is 13.6. The molecule has 1 aliphatic rings. The molecule has 0 aliphatic heterocycles. The number of aliphatic hydroxyl groups is 1. The van der Waals surface area contributed by atoms with Gasteiger partial charge in [0, 0.05) is 19.2 Å². The van der Waals surface area contributed by atoms with E-state index in [9.17, 15) is 4.79 Å². The third-order valence-electron chi connectivity index (χ3n) is 4.35. The van der Waals surface area contributed by atoms with Crippen molar-refractivity contribution in [3.8, 4) is 0 Å². The lowest BCUT2D eigenvalue weighted by Crippen LogP contribution is -2.37. The van der Waals surface area contributed by atoms with Crippen LogP contribution in [0.1, 0.15) is 58.4 Å². The van der Waals surface area contributed by atoms with E-state index in [1.54, 1.807) is 6.20 Å². The fourth-order valence-corrected chi connectivity index (χ4v) is 2.90. The minimum Gasteiger partial charge on any atom is -0.396 e. The lowest BCUT2D eigenvalue weighted by atomic mass is 9.90. The summed E-state index contributed by atoms with van der Waals surface area (Å²) in [5, 5.41) is 19.2. The van der Waals surface area contributed by atoms with Gasteiger partial charge in [-0.2, -0.15) is 5.10 Å². The Morgan fingerprint density at radius 2 is 2.14 bits per heavy atom. The molecule has 2 rings (SSSR count). The molecule has 0 aromatic carbocycles. The van der Waals surface area contributed by atoms with E-state index < -0.39 is 0 Å². The summed E-state index contributed by atoms with van der Waals surface area (Å²) in [6.45, 7) is 4.70. The van der Waals surface area contributed by atoms with Gasteiger partial charge in [0.2, 0.25) is 0 Å². The maximum Gasteiger partial charge on any atom is 0.320 e. The molecule has 1 aliphatic carbocycles. The number of nitrogens with zero attached hydrogens (tertiary/aromatic N) is 2. The summed E-state index contributed by atoms with van der Waals surface area (Å²) in [6, 6.07) is 2.01. The number of aliphatic hydroxyl groups excluding tert-OH is 1. The number of carbonyl (C=O) groups is 1. The summed E-state index contributed by atoms with van der Waals surface area (Å²) >= 11 is 0. The molecule has 3 N–H and O–H groups in total. The highest BCUT2D eigenvalue weighted by Gasteiger charge is 2.21.